The maximum Gasteiger partial charge on any atom is 0.331 e. The maximum absolute atomic E-state index is 15.5. The lowest BCUT2D eigenvalue weighted by Crippen LogP contribution is -2.12. The van der Waals surface area contributed by atoms with E-state index in [0.29, 0.717) is 29.0 Å². The highest BCUT2D eigenvalue weighted by Crippen LogP contribution is 2.34. The van der Waals surface area contributed by atoms with Crippen molar-refractivity contribution < 1.29 is 23.8 Å². The van der Waals surface area contributed by atoms with E-state index in [1.54, 1.807) is 23.6 Å². The third-order valence-corrected chi connectivity index (χ3v) is 6.99. The van der Waals surface area contributed by atoms with Crippen LogP contribution in [-0.2, 0) is 9.53 Å². The van der Waals surface area contributed by atoms with Gasteiger partial charge in [-0.25, -0.2) is 14.2 Å². The monoisotopic (exact) mass is 564 g/mol. The Morgan fingerprint density at radius 2 is 1.95 bits per heavy atom. The topological polar surface area (TPSA) is 88.5 Å². The number of halogens is 3. The molecule has 3 rings (SSSR count). The van der Waals surface area contributed by atoms with Crippen molar-refractivity contribution in [2.75, 3.05) is 11.9 Å². The molecule has 37 heavy (non-hydrogen) atoms. The number of nitrogens with one attached hydrogen (secondary N) is 1. The van der Waals surface area contributed by atoms with Crippen LogP contribution < -0.4 is 5.32 Å². The van der Waals surface area contributed by atoms with Gasteiger partial charge in [-0.05, 0) is 44.5 Å². The van der Waals surface area contributed by atoms with Crippen molar-refractivity contribution in [3.05, 3.63) is 73.8 Å². The summed E-state index contributed by atoms with van der Waals surface area (Å²) in [7, 11) is 0. The molecule has 196 valence electrons. The van der Waals surface area contributed by atoms with E-state index >= 15 is 4.39 Å². The number of aromatic nitrogens is 1. The minimum absolute atomic E-state index is 0.0468. The molecule has 10 heteroatoms. The number of carbonyl (C=O) groups excluding carboxylic acids is 1. The molecule has 1 amide bonds. The summed E-state index contributed by atoms with van der Waals surface area (Å²) in [6.45, 7) is 5.86. The van der Waals surface area contributed by atoms with Gasteiger partial charge >= 0.3 is 5.97 Å². The van der Waals surface area contributed by atoms with Crippen LogP contribution in [0.1, 0.15) is 67.6 Å². The fraction of sp³-hybridized carbons (Fsp3) is 0.296. The SMILES string of the molecule is CCCCC(OCC)c1cccc(-c2csc(NC(=O)c3cc(Cl)c(C=C(C)C(=O)O)c(Cl)c3)n2)c1F. The first-order chi connectivity index (χ1) is 17.7. The van der Waals surface area contributed by atoms with Crippen LogP contribution in [-0.4, -0.2) is 28.6 Å². The number of amides is 1. The number of hydrogen-bond acceptors (Lipinski definition) is 5. The zero-order valence-corrected chi connectivity index (χ0v) is 22.9. The predicted octanol–water partition coefficient (Wildman–Crippen LogP) is 8.26. The lowest BCUT2D eigenvalue weighted by atomic mass is 9.99. The molecule has 0 fully saturated rings. The molecule has 2 N–H and O–H groups in total. The van der Waals surface area contributed by atoms with E-state index in [9.17, 15) is 9.59 Å². The van der Waals surface area contributed by atoms with Crippen molar-refractivity contribution >= 4 is 57.6 Å². The van der Waals surface area contributed by atoms with Gasteiger partial charge < -0.3 is 9.84 Å². The fourth-order valence-electron chi connectivity index (χ4n) is 3.67. The summed E-state index contributed by atoms with van der Waals surface area (Å²) in [5, 5.41) is 14.0. The molecule has 0 spiro atoms. The molecule has 1 aromatic heterocycles. The highest BCUT2D eigenvalue weighted by molar-refractivity contribution is 7.14. The molecule has 2 aromatic carbocycles. The molecule has 1 unspecified atom stereocenters. The van der Waals surface area contributed by atoms with E-state index in [-0.39, 0.29) is 38.2 Å². The number of carboxylic acids is 1. The smallest absolute Gasteiger partial charge is 0.331 e. The van der Waals surface area contributed by atoms with Crippen LogP contribution in [0.3, 0.4) is 0 Å². The van der Waals surface area contributed by atoms with Gasteiger partial charge in [0.15, 0.2) is 5.13 Å². The third kappa shape index (κ3) is 7.17. The molecule has 0 saturated carbocycles. The van der Waals surface area contributed by atoms with E-state index in [0.717, 1.165) is 30.6 Å². The number of unbranched alkanes of at least 4 members (excludes halogenated alkanes) is 1. The molecule has 1 atom stereocenters. The van der Waals surface area contributed by atoms with Crippen molar-refractivity contribution in [2.45, 2.75) is 46.1 Å². The summed E-state index contributed by atoms with van der Waals surface area (Å²) in [5.41, 5.74) is 1.72. The van der Waals surface area contributed by atoms with Crippen LogP contribution in [0.25, 0.3) is 17.3 Å². The Kier molecular flexibility index (Phi) is 10.2. The van der Waals surface area contributed by atoms with Crippen molar-refractivity contribution in [3.63, 3.8) is 0 Å². The highest BCUT2D eigenvalue weighted by atomic mass is 35.5. The Morgan fingerprint density at radius 1 is 1.24 bits per heavy atom. The fourth-order valence-corrected chi connectivity index (χ4v) is 4.97. The standard InChI is InChI=1S/C27H27Cl2FN2O4S/c1-4-6-10-23(36-5-2)18-9-7-8-17(24(18)30)22-14-37-27(31-22)32-25(33)16-12-20(28)19(21(29)13-16)11-15(3)26(34)35/h7-9,11-14,23H,4-6,10H2,1-3H3,(H,34,35)(H,31,32,33). The molecule has 0 aliphatic rings. The number of anilines is 1. The van der Waals surface area contributed by atoms with Crippen LogP contribution in [0.4, 0.5) is 9.52 Å². The zero-order chi connectivity index (χ0) is 27.1. The summed E-state index contributed by atoms with van der Waals surface area (Å²) in [6, 6.07) is 7.94. The van der Waals surface area contributed by atoms with Crippen molar-refractivity contribution in [2.24, 2.45) is 0 Å². The van der Waals surface area contributed by atoms with Gasteiger partial charge in [0.1, 0.15) is 5.82 Å². The number of thiazole rings is 1. The lowest BCUT2D eigenvalue weighted by Gasteiger charge is -2.19. The van der Waals surface area contributed by atoms with Gasteiger partial charge in [-0.2, -0.15) is 0 Å². The maximum atomic E-state index is 15.5. The summed E-state index contributed by atoms with van der Waals surface area (Å²) in [6.07, 6.45) is 3.62. The number of ether oxygens (including phenoxy) is 1. The number of carboxylic acid groups (broad SMARTS) is 1. The first kappa shape index (κ1) is 28.8. The van der Waals surface area contributed by atoms with Gasteiger partial charge in [-0.1, -0.05) is 55.1 Å². The Morgan fingerprint density at radius 3 is 2.57 bits per heavy atom. The molecule has 0 saturated heterocycles. The van der Waals surface area contributed by atoms with E-state index in [1.807, 2.05) is 6.92 Å². The molecule has 0 aliphatic carbocycles. The zero-order valence-electron chi connectivity index (χ0n) is 20.6. The summed E-state index contributed by atoms with van der Waals surface area (Å²) in [4.78, 5) is 28.3. The number of benzene rings is 2. The quantitative estimate of drug-likeness (QED) is 0.229. The molecular weight excluding hydrogens is 538 g/mol. The van der Waals surface area contributed by atoms with Crippen LogP contribution in [0, 0.1) is 5.82 Å². The van der Waals surface area contributed by atoms with Gasteiger partial charge in [0.25, 0.3) is 5.91 Å². The molecule has 0 bridgehead atoms. The lowest BCUT2D eigenvalue weighted by molar-refractivity contribution is -0.132. The van der Waals surface area contributed by atoms with Gasteiger partial charge in [0, 0.05) is 39.8 Å². The average molecular weight is 565 g/mol. The number of rotatable bonds is 11. The second-order valence-corrected chi connectivity index (χ2v) is 9.95. The normalized spacial score (nSPS) is 12.4. The number of nitrogens with zero attached hydrogens (tertiary/aromatic N) is 1. The van der Waals surface area contributed by atoms with Crippen LogP contribution in [0.5, 0.6) is 0 Å². The Labute approximate surface area is 229 Å². The van der Waals surface area contributed by atoms with Crippen molar-refractivity contribution in [3.8, 4) is 11.3 Å². The first-order valence-electron chi connectivity index (χ1n) is 11.7. The number of hydrogen-bond donors (Lipinski definition) is 2. The van der Waals surface area contributed by atoms with Gasteiger partial charge in [0.2, 0.25) is 0 Å². The van der Waals surface area contributed by atoms with E-state index in [1.165, 1.54) is 25.1 Å². The van der Waals surface area contributed by atoms with Gasteiger partial charge in [0.05, 0.1) is 21.8 Å². The Balaban J connectivity index is 1.82. The van der Waals surface area contributed by atoms with E-state index in [2.05, 4.69) is 17.2 Å². The highest BCUT2D eigenvalue weighted by Gasteiger charge is 2.21. The summed E-state index contributed by atoms with van der Waals surface area (Å²) in [5.74, 6) is -2.01. The molecular formula is C27H27Cl2FN2O4S. The second-order valence-electron chi connectivity index (χ2n) is 8.27. The number of carbonyl (C=O) groups is 2. The Hall–Kier alpha value is -2.78. The average Bonchev–Trinajstić information content (AvgIpc) is 3.32. The van der Waals surface area contributed by atoms with Crippen LogP contribution >= 0.6 is 34.5 Å². The first-order valence-corrected chi connectivity index (χ1v) is 13.4. The predicted molar refractivity (Wildman–Crippen MR) is 147 cm³/mol. The van der Waals surface area contributed by atoms with E-state index < -0.39 is 11.9 Å². The molecule has 6 nitrogen and oxygen atoms in total. The molecule has 3 aromatic rings. The summed E-state index contributed by atoms with van der Waals surface area (Å²) >= 11 is 13.7. The second kappa shape index (κ2) is 13.1. The molecule has 0 radical (unpaired) electrons. The number of aliphatic carboxylic acids is 1. The third-order valence-electron chi connectivity index (χ3n) is 5.60. The molecule has 1 heterocycles. The van der Waals surface area contributed by atoms with E-state index in [4.69, 9.17) is 33.0 Å². The Bertz CT molecular complexity index is 1300. The summed E-state index contributed by atoms with van der Waals surface area (Å²) < 4.78 is 21.3. The van der Waals surface area contributed by atoms with Gasteiger partial charge in [-0.15, -0.1) is 11.3 Å². The van der Waals surface area contributed by atoms with Crippen LogP contribution in [0.2, 0.25) is 10.0 Å². The largest absolute Gasteiger partial charge is 0.478 e. The van der Waals surface area contributed by atoms with Gasteiger partial charge in [-0.3, -0.25) is 10.1 Å². The van der Waals surface area contributed by atoms with Crippen molar-refractivity contribution in [1.29, 1.82) is 0 Å². The van der Waals surface area contributed by atoms with Crippen molar-refractivity contribution in [1.82, 2.24) is 4.98 Å². The minimum atomic E-state index is -1.11. The minimum Gasteiger partial charge on any atom is -0.478 e. The molecule has 0 aliphatic heterocycles. The van der Waals surface area contributed by atoms with Crippen LogP contribution in [0.15, 0.2) is 41.3 Å².